The van der Waals surface area contributed by atoms with Crippen molar-refractivity contribution >= 4 is 37.5 Å². The first-order valence-corrected chi connectivity index (χ1v) is 24.2. The van der Waals surface area contributed by atoms with E-state index in [-0.39, 0.29) is 16.5 Å². The Morgan fingerprint density at radius 3 is 1.93 bits per heavy atom. The van der Waals surface area contributed by atoms with Crippen LogP contribution in [0.3, 0.4) is 0 Å². The molecule has 1 aliphatic heterocycles. The highest BCUT2D eigenvalue weighted by Gasteiger charge is 2.65. The Morgan fingerprint density at radius 2 is 1.59 bits per heavy atom. The summed E-state index contributed by atoms with van der Waals surface area (Å²) in [6.07, 6.45) is 3.28. The second-order valence-corrected chi connectivity index (χ2v) is 37.3. The first-order valence-electron chi connectivity index (χ1n) is 10.5. The summed E-state index contributed by atoms with van der Waals surface area (Å²) < 4.78 is 13.7. The van der Waals surface area contributed by atoms with Gasteiger partial charge in [-0.05, 0) is 25.8 Å². The zero-order valence-electron chi connectivity index (χ0n) is 19.8. The van der Waals surface area contributed by atoms with E-state index in [0.29, 0.717) is 5.57 Å². The smallest absolute Gasteiger partial charge is 0.333 e. The first-order chi connectivity index (χ1) is 12.0. The molecular weight excluding hydrogens is 401 g/mol. The molecular formula is C20H44O3Si4. The van der Waals surface area contributed by atoms with Crippen LogP contribution in [0.5, 0.6) is 0 Å². The van der Waals surface area contributed by atoms with Gasteiger partial charge in [-0.1, -0.05) is 78.8 Å². The molecule has 0 aromatic carbocycles. The molecule has 1 fully saturated rings. The van der Waals surface area contributed by atoms with Gasteiger partial charge in [0.15, 0.2) is 0 Å². The van der Waals surface area contributed by atoms with Gasteiger partial charge in [-0.25, -0.2) is 4.79 Å². The molecule has 1 aliphatic rings. The topological polar surface area (TPSA) is 35.5 Å². The van der Waals surface area contributed by atoms with Gasteiger partial charge in [0, 0.05) is 10.4 Å². The fourth-order valence-corrected chi connectivity index (χ4v) is 33.0. The third kappa shape index (κ3) is 4.62. The van der Waals surface area contributed by atoms with Crippen LogP contribution in [0.1, 0.15) is 33.1 Å². The van der Waals surface area contributed by atoms with E-state index >= 15 is 0 Å². The average molecular weight is 445 g/mol. The van der Waals surface area contributed by atoms with Crippen molar-refractivity contribution in [3.05, 3.63) is 12.2 Å². The third-order valence-electron chi connectivity index (χ3n) is 6.61. The maximum atomic E-state index is 12.5. The molecule has 2 unspecified atom stereocenters. The Labute approximate surface area is 172 Å². The molecule has 3 nitrogen and oxygen atoms in total. The van der Waals surface area contributed by atoms with Crippen LogP contribution in [-0.2, 0) is 14.0 Å². The van der Waals surface area contributed by atoms with E-state index in [1.807, 2.05) is 0 Å². The summed E-state index contributed by atoms with van der Waals surface area (Å²) in [5.74, 6) is -0.243. The van der Waals surface area contributed by atoms with Crippen molar-refractivity contribution in [1.29, 1.82) is 0 Å². The van der Waals surface area contributed by atoms with Crippen molar-refractivity contribution in [3.63, 3.8) is 0 Å². The van der Waals surface area contributed by atoms with Crippen molar-refractivity contribution in [2.24, 2.45) is 0 Å². The van der Waals surface area contributed by atoms with Crippen molar-refractivity contribution in [3.8, 4) is 0 Å². The van der Waals surface area contributed by atoms with Crippen LogP contribution in [-0.4, -0.2) is 48.1 Å². The molecule has 0 amide bonds. The predicted octanol–water partition coefficient (Wildman–Crippen LogP) is 6.09. The quantitative estimate of drug-likeness (QED) is 0.271. The van der Waals surface area contributed by atoms with Gasteiger partial charge in [-0.3, -0.25) is 0 Å². The zero-order valence-corrected chi connectivity index (χ0v) is 23.8. The molecule has 0 radical (unpaired) electrons. The Balaban J connectivity index is 3.58. The summed E-state index contributed by atoms with van der Waals surface area (Å²) in [5, 5.41) is 0. The minimum absolute atomic E-state index is 0.0549. The molecule has 158 valence electrons. The summed E-state index contributed by atoms with van der Waals surface area (Å²) in [5.41, 5.74) is 0.436. The lowest BCUT2D eigenvalue weighted by atomic mass is 10.3. The van der Waals surface area contributed by atoms with E-state index in [4.69, 9.17) is 9.16 Å². The summed E-state index contributed by atoms with van der Waals surface area (Å²) in [6, 6.07) is 1.14. The maximum absolute atomic E-state index is 12.5. The molecule has 27 heavy (non-hydrogen) atoms. The van der Waals surface area contributed by atoms with E-state index < -0.39 is 31.6 Å². The second-order valence-electron chi connectivity index (χ2n) is 11.5. The molecule has 0 aromatic rings. The Kier molecular flexibility index (Phi) is 7.47. The zero-order chi connectivity index (χ0) is 21.5. The van der Waals surface area contributed by atoms with E-state index in [9.17, 15) is 4.79 Å². The number of rotatable bonds is 7. The summed E-state index contributed by atoms with van der Waals surface area (Å²) >= 11 is 0. The molecule has 0 saturated carbocycles. The van der Waals surface area contributed by atoms with Gasteiger partial charge >= 0.3 is 5.97 Å². The van der Waals surface area contributed by atoms with Crippen molar-refractivity contribution in [2.75, 3.05) is 0 Å². The molecule has 0 spiro atoms. The number of carbonyl (C=O) groups excluding carboxylic acids is 1. The van der Waals surface area contributed by atoms with Gasteiger partial charge in [-0.2, -0.15) is 0 Å². The standard InChI is InChI=1S/C20H44O3Si4/c1-13-18(22-19(21)17(2)3)27(26(10,11)12)16-14-15-20(23-27,24(4,5)6)25(7,8)9/h18H,2,13-16H2,1,3-12H3. The normalized spacial score (nSPS) is 25.0. The van der Waals surface area contributed by atoms with Crippen LogP contribution in [0, 0.1) is 0 Å². The summed E-state index contributed by atoms with van der Waals surface area (Å²) in [4.78, 5) is 12.5. The van der Waals surface area contributed by atoms with Crippen LogP contribution >= 0.6 is 0 Å². The van der Waals surface area contributed by atoms with Gasteiger partial charge in [0.25, 0.3) is 0 Å². The fraction of sp³-hybridized carbons (Fsp3) is 0.850. The van der Waals surface area contributed by atoms with Crippen molar-refractivity contribution < 1.29 is 14.0 Å². The molecule has 0 N–H and O–H groups in total. The summed E-state index contributed by atoms with van der Waals surface area (Å²) in [7, 11) is -7.12. The molecule has 1 heterocycles. The third-order valence-corrected chi connectivity index (χ3v) is 32.6. The lowest BCUT2D eigenvalue weighted by molar-refractivity contribution is -0.141. The van der Waals surface area contributed by atoms with E-state index in [1.54, 1.807) is 6.92 Å². The minimum Gasteiger partial charge on any atom is -0.460 e. The summed E-state index contributed by atoms with van der Waals surface area (Å²) in [6.45, 7) is 30.0. The van der Waals surface area contributed by atoms with Crippen LogP contribution in [0.15, 0.2) is 12.2 Å². The number of carbonyl (C=O) groups is 1. The number of hydrogen-bond acceptors (Lipinski definition) is 3. The average Bonchev–Trinajstić information content (AvgIpc) is 2.48. The molecule has 0 bridgehead atoms. The van der Waals surface area contributed by atoms with Crippen LogP contribution < -0.4 is 0 Å². The second kappa shape index (κ2) is 8.05. The highest BCUT2D eigenvalue weighted by molar-refractivity contribution is 7.39. The highest BCUT2D eigenvalue weighted by Crippen LogP contribution is 2.49. The van der Waals surface area contributed by atoms with Crippen molar-refractivity contribution in [1.82, 2.24) is 0 Å². The number of ether oxygens (including phenoxy) is 1. The Hall–Kier alpha value is 0.0375. The Morgan fingerprint density at radius 1 is 1.11 bits per heavy atom. The van der Waals surface area contributed by atoms with E-state index in [0.717, 1.165) is 12.5 Å². The van der Waals surface area contributed by atoms with Gasteiger partial charge < -0.3 is 9.16 Å². The van der Waals surface area contributed by atoms with Gasteiger partial charge in [0.05, 0.1) is 23.7 Å². The van der Waals surface area contributed by atoms with Crippen LogP contribution in [0.4, 0.5) is 0 Å². The molecule has 2 atom stereocenters. The molecule has 0 aliphatic carbocycles. The van der Waals surface area contributed by atoms with E-state index in [2.05, 4.69) is 72.4 Å². The van der Waals surface area contributed by atoms with Crippen LogP contribution in [0.2, 0.25) is 65.0 Å². The molecule has 1 rings (SSSR count). The monoisotopic (exact) mass is 444 g/mol. The molecule has 1 saturated heterocycles. The Bertz CT molecular complexity index is 555. The minimum atomic E-state index is -2.25. The van der Waals surface area contributed by atoms with Gasteiger partial charge in [0.2, 0.25) is 7.83 Å². The number of esters is 1. The van der Waals surface area contributed by atoms with E-state index in [1.165, 1.54) is 12.8 Å². The fourth-order valence-electron chi connectivity index (χ4n) is 5.17. The molecule has 0 aromatic heterocycles. The first kappa shape index (κ1) is 25.1. The maximum Gasteiger partial charge on any atom is 0.333 e. The lowest BCUT2D eigenvalue weighted by Gasteiger charge is -2.62. The lowest BCUT2D eigenvalue weighted by Crippen LogP contribution is -2.80. The van der Waals surface area contributed by atoms with Crippen molar-refractivity contribution in [2.45, 2.75) is 109 Å². The highest BCUT2D eigenvalue weighted by atomic mass is 29.3. The largest absolute Gasteiger partial charge is 0.460 e. The van der Waals surface area contributed by atoms with Crippen LogP contribution in [0.25, 0.3) is 0 Å². The SMILES string of the molecule is C=C(C)C(=O)OC(CC)[Si]1([Si](C)(C)C)CCCC([Si](C)(C)C)([Si](C)(C)C)O1. The predicted molar refractivity (Wildman–Crippen MR) is 129 cm³/mol. The van der Waals surface area contributed by atoms with Gasteiger partial charge in [-0.15, -0.1) is 0 Å². The van der Waals surface area contributed by atoms with Gasteiger partial charge in [0.1, 0.15) is 5.73 Å². The number of hydrogen-bond donors (Lipinski definition) is 0. The molecule has 7 heteroatoms.